The fraction of sp³-hybridized carbons (Fsp3) is 0.214. The molecule has 5 nitrogen and oxygen atoms in total. The van der Waals surface area contributed by atoms with Crippen LogP contribution in [0.4, 0.5) is 5.69 Å². The second kappa shape index (κ2) is 5.60. The molecule has 0 unspecified atom stereocenters. The third kappa shape index (κ3) is 2.81. The lowest BCUT2D eigenvalue weighted by atomic mass is 10.2. The molecular formula is C14H17N3O2S. The molecule has 2 N–H and O–H groups in total. The van der Waals surface area contributed by atoms with Crippen molar-refractivity contribution in [1.82, 2.24) is 9.29 Å². The molecule has 0 aliphatic carbocycles. The van der Waals surface area contributed by atoms with Gasteiger partial charge in [-0.25, -0.2) is 8.42 Å². The molecule has 2 rings (SSSR count). The normalized spacial score (nSPS) is 11.8. The highest BCUT2D eigenvalue weighted by Crippen LogP contribution is 2.25. The van der Waals surface area contributed by atoms with Crippen molar-refractivity contribution in [3.05, 3.63) is 53.9 Å². The Morgan fingerprint density at radius 2 is 1.85 bits per heavy atom. The molecule has 20 heavy (non-hydrogen) atoms. The highest BCUT2D eigenvalue weighted by Gasteiger charge is 2.25. The molecule has 106 valence electrons. The van der Waals surface area contributed by atoms with Crippen LogP contribution in [0.1, 0.15) is 11.1 Å². The van der Waals surface area contributed by atoms with Gasteiger partial charge in [-0.2, -0.15) is 4.31 Å². The first-order valence-corrected chi connectivity index (χ1v) is 7.57. The van der Waals surface area contributed by atoms with E-state index in [0.29, 0.717) is 5.56 Å². The molecule has 0 spiro atoms. The number of hydrogen-bond donors (Lipinski definition) is 1. The standard InChI is InChI=1S/C14H17N3O2S/c1-11-4-3-5-13(15)14(11)20(18,19)17(2)10-12-6-8-16-9-7-12/h3-9H,10,15H2,1-2H3. The zero-order chi connectivity index (χ0) is 14.8. The van der Waals surface area contributed by atoms with Gasteiger partial charge >= 0.3 is 0 Å². The van der Waals surface area contributed by atoms with E-state index in [1.165, 1.54) is 4.31 Å². The first kappa shape index (κ1) is 14.5. The Labute approximate surface area is 119 Å². The molecule has 0 fully saturated rings. The van der Waals surface area contributed by atoms with Crippen LogP contribution < -0.4 is 5.73 Å². The predicted molar refractivity (Wildman–Crippen MR) is 78.5 cm³/mol. The van der Waals surface area contributed by atoms with Gasteiger partial charge in [-0.3, -0.25) is 4.98 Å². The van der Waals surface area contributed by atoms with E-state index in [2.05, 4.69) is 4.98 Å². The highest BCUT2D eigenvalue weighted by molar-refractivity contribution is 7.89. The van der Waals surface area contributed by atoms with Crippen molar-refractivity contribution in [1.29, 1.82) is 0 Å². The summed E-state index contributed by atoms with van der Waals surface area (Å²) in [5, 5.41) is 0. The number of nitrogens with two attached hydrogens (primary N) is 1. The molecule has 0 saturated carbocycles. The summed E-state index contributed by atoms with van der Waals surface area (Å²) in [5.41, 5.74) is 7.61. The Kier molecular flexibility index (Phi) is 4.06. The van der Waals surface area contributed by atoms with Crippen molar-refractivity contribution >= 4 is 15.7 Å². The van der Waals surface area contributed by atoms with Gasteiger partial charge in [-0.1, -0.05) is 12.1 Å². The number of anilines is 1. The number of nitrogens with zero attached hydrogens (tertiary/aromatic N) is 2. The minimum absolute atomic E-state index is 0.177. The van der Waals surface area contributed by atoms with Gasteiger partial charge in [0.1, 0.15) is 4.90 Å². The number of pyridine rings is 1. The average Bonchev–Trinajstić information content (AvgIpc) is 2.39. The van der Waals surface area contributed by atoms with Gasteiger partial charge in [0.15, 0.2) is 0 Å². The highest BCUT2D eigenvalue weighted by atomic mass is 32.2. The van der Waals surface area contributed by atoms with Crippen LogP contribution in [0.3, 0.4) is 0 Å². The fourth-order valence-electron chi connectivity index (χ4n) is 2.01. The SMILES string of the molecule is Cc1cccc(N)c1S(=O)(=O)N(C)Cc1ccncc1. The van der Waals surface area contributed by atoms with E-state index >= 15 is 0 Å². The number of sulfonamides is 1. The molecule has 0 saturated heterocycles. The summed E-state index contributed by atoms with van der Waals surface area (Å²) in [4.78, 5) is 4.09. The quantitative estimate of drug-likeness (QED) is 0.871. The summed E-state index contributed by atoms with van der Waals surface area (Å²) in [6, 6.07) is 8.65. The number of benzene rings is 1. The van der Waals surface area contributed by atoms with Gasteiger partial charge < -0.3 is 5.73 Å². The molecular weight excluding hydrogens is 274 g/mol. The van der Waals surface area contributed by atoms with Gasteiger partial charge in [-0.05, 0) is 36.2 Å². The van der Waals surface area contributed by atoms with Crippen LogP contribution in [0.5, 0.6) is 0 Å². The monoisotopic (exact) mass is 291 g/mol. The Hall–Kier alpha value is -1.92. The first-order valence-electron chi connectivity index (χ1n) is 6.13. The third-order valence-electron chi connectivity index (χ3n) is 3.07. The van der Waals surface area contributed by atoms with Gasteiger partial charge in [0, 0.05) is 26.0 Å². The number of aryl methyl sites for hydroxylation is 1. The molecule has 0 aliphatic rings. The minimum atomic E-state index is -3.61. The fourth-order valence-corrected chi connectivity index (χ4v) is 3.49. The molecule has 0 amide bonds. The van der Waals surface area contributed by atoms with Crippen LogP contribution in [0.2, 0.25) is 0 Å². The Morgan fingerprint density at radius 1 is 1.20 bits per heavy atom. The van der Waals surface area contributed by atoms with Crippen LogP contribution in [0, 0.1) is 6.92 Å². The lowest BCUT2D eigenvalue weighted by Crippen LogP contribution is -2.27. The molecule has 6 heteroatoms. The van der Waals surface area contributed by atoms with Gasteiger partial charge in [-0.15, -0.1) is 0 Å². The molecule has 1 aromatic heterocycles. The van der Waals surface area contributed by atoms with Crippen molar-refractivity contribution in [3.63, 3.8) is 0 Å². The Bertz CT molecular complexity index is 679. The summed E-state index contributed by atoms with van der Waals surface area (Å²) in [7, 11) is -2.07. The van der Waals surface area contributed by atoms with Crippen LogP contribution >= 0.6 is 0 Å². The van der Waals surface area contributed by atoms with Crippen LogP contribution in [-0.4, -0.2) is 24.8 Å². The van der Waals surface area contributed by atoms with Crippen molar-refractivity contribution in [2.75, 3.05) is 12.8 Å². The smallest absolute Gasteiger partial charge is 0.245 e. The molecule has 1 heterocycles. The van der Waals surface area contributed by atoms with Crippen LogP contribution in [-0.2, 0) is 16.6 Å². The van der Waals surface area contributed by atoms with E-state index < -0.39 is 10.0 Å². The Balaban J connectivity index is 2.35. The third-order valence-corrected chi connectivity index (χ3v) is 5.09. The Morgan fingerprint density at radius 3 is 2.45 bits per heavy atom. The summed E-state index contributed by atoms with van der Waals surface area (Å²) < 4.78 is 26.5. The summed E-state index contributed by atoms with van der Waals surface area (Å²) in [5.74, 6) is 0. The maximum absolute atomic E-state index is 12.6. The van der Waals surface area contributed by atoms with Gasteiger partial charge in [0.25, 0.3) is 0 Å². The molecule has 0 bridgehead atoms. The van der Waals surface area contributed by atoms with E-state index in [1.54, 1.807) is 56.7 Å². The molecule has 2 aromatic rings. The minimum Gasteiger partial charge on any atom is -0.398 e. The van der Waals surface area contributed by atoms with Gasteiger partial charge in [0.05, 0.1) is 5.69 Å². The first-order chi connectivity index (χ1) is 9.43. The van der Waals surface area contributed by atoms with Crippen molar-refractivity contribution < 1.29 is 8.42 Å². The topological polar surface area (TPSA) is 76.3 Å². The maximum Gasteiger partial charge on any atom is 0.245 e. The van der Waals surface area contributed by atoms with E-state index in [1.807, 2.05) is 0 Å². The second-order valence-electron chi connectivity index (χ2n) is 4.61. The number of hydrogen-bond acceptors (Lipinski definition) is 4. The molecule has 0 atom stereocenters. The number of nitrogen functional groups attached to an aromatic ring is 1. The van der Waals surface area contributed by atoms with E-state index in [-0.39, 0.29) is 17.1 Å². The zero-order valence-corrected chi connectivity index (χ0v) is 12.3. The van der Waals surface area contributed by atoms with Crippen molar-refractivity contribution in [3.8, 4) is 0 Å². The molecule has 1 aromatic carbocycles. The van der Waals surface area contributed by atoms with Crippen molar-refractivity contribution in [2.45, 2.75) is 18.4 Å². The lowest BCUT2D eigenvalue weighted by molar-refractivity contribution is 0.466. The summed E-state index contributed by atoms with van der Waals surface area (Å²) >= 11 is 0. The average molecular weight is 291 g/mol. The zero-order valence-electron chi connectivity index (χ0n) is 11.4. The van der Waals surface area contributed by atoms with E-state index in [9.17, 15) is 8.42 Å². The number of aromatic nitrogens is 1. The van der Waals surface area contributed by atoms with E-state index in [0.717, 1.165) is 5.56 Å². The molecule has 0 radical (unpaired) electrons. The predicted octanol–water partition coefficient (Wildman–Crippen LogP) is 1.79. The molecule has 0 aliphatic heterocycles. The van der Waals surface area contributed by atoms with Gasteiger partial charge in [0.2, 0.25) is 10.0 Å². The van der Waals surface area contributed by atoms with Crippen LogP contribution in [0.15, 0.2) is 47.6 Å². The number of rotatable bonds is 4. The summed E-state index contributed by atoms with van der Waals surface area (Å²) in [6.45, 7) is 2.02. The van der Waals surface area contributed by atoms with Crippen LogP contribution in [0.25, 0.3) is 0 Å². The van der Waals surface area contributed by atoms with Crippen molar-refractivity contribution in [2.24, 2.45) is 0 Å². The maximum atomic E-state index is 12.6. The van der Waals surface area contributed by atoms with E-state index in [4.69, 9.17) is 5.73 Å². The lowest BCUT2D eigenvalue weighted by Gasteiger charge is -2.19. The largest absolute Gasteiger partial charge is 0.398 e. The second-order valence-corrected chi connectivity index (χ2v) is 6.59. The summed E-state index contributed by atoms with van der Waals surface area (Å²) in [6.07, 6.45) is 3.27.